The maximum Gasteiger partial charge on any atom is 0.153 e. The van der Waals surface area contributed by atoms with Crippen LogP contribution in [0.15, 0.2) is 24.3 Å². The van der Waals surface area contributed by atoms with Gasteiger partial charge in [-0.05, 0) is 31.5 Å². The molecule has 1 fully saturated rings. The Morgan fingerprint density at radius 1 is 1.35 bits per heavy atom. The van der Waals surface area contributed by atoms with E-state index >= 15 is 0 Å². The first kappa shape index (κ1) is 12.1. The van der Waals surface area contributed by atoms with Gasteiger partial charge < -0.3 is 9.64 Å². The minimum Gasteiger partial charge on any atom is -0.490 e. The van der Waals surface area contributed by atoms with Crippen molar-refractivity contribution < 1.29 is 9.53 Å². The van der Waals surface area contributed by atoms with Crippen molar-refractivity contribution in [1.82, 2.24) is 4.90 Å². The van der Waals surface area contributed by atoms with Gasteiger partial charge in [-0.25, -0.2) is 0 Å². The number of ether oxygens (including phenoxy) is 1. The number of rotatable bonds is 4. The van der Waals surface area contributed by atoms with Gasteiger partial charge in [-0.3, -0.25) is 4.79 Å². The van der Waals surface area contributed by atoms with E-state index in [4.69, 9.17) is 4.74 Å². The topological polar surface area (TPSA) is 29.5 Å². The second-order valence-corrected chi connectivity index (χ2v) is 4.41. The predicted molar refractivity (Wildman–Crippen MR) is 67.6 cm³/mol. The molecule has 17 heavy (non-hydrogen) atoms. The first-order chi connectivity index (χ1) is 8.33. The molecular formula is C14H19NO2. The molecule has 0 aliphatic carbocycles. The SMILES string of the molecule is CCN1CCC(Oc2ccccc2C=O)CC1. The van der Waals surface area contributed by atoms with E-state index < -0.39 is 0 Å². The van der Waals surface area contributed by atoms with Crippen LogP contribution < -0.4 is 4.74 Å². The van der Waals surface area contributed by atoms with Crippen molar-refractivity contribution in [3.05, 3.63) is 29.8 Å². The summed E-state index contributed by atoms with van der Waals surface area (Å²) < 4.78 is 5.91. The predicted octanol–water partition coefficient (Wildman–Crippen LogP) is 2.36. The van der Waals surface area contributed by atoms with Crippen molar-refractivity contribution in [2.75, 3.05) is 19.6 Å². The zero-order valence-electron chi connectivity index (χ0n) is 10.3. The van der Waals surface area contributed by atoms with Crippen LogP contribution in [0.25, 0.3) is 0 Å². The average Bonchev–Trinajstić information content (AvgIpc) is 2.40. The molecule has 1 aromatic carbocycles. The number of likely N-dealkylation sites (tertiary alicyclic amines) is 1. The molecule has 1 aliphatic heterocycles. The lowest BCUT2D eigenvalue weighted by molar-refractivity contribution is 0.100. The van der Waals surface area contributed by atoms with Gasteiger partial charge in [-0.2, -0.15) is 0 Å². The number of hydrogen-bond donors (Lipinski definition) is 0. The van der Waals surface area contributed by atoms with Crippen molar-refractivity contribution in [2.24, 2.45) is 0 Å². The molecule has 0 saturated carbocycles. The minimum atomic E-state index is 0.249. The van der Waals surface area contributed by atoms with Crippen LogP contribution in [0.5, 0.6) is 5.75 Å². The molecule has 3 heteroatoms. The van der Waals surface area contributed by atoms with Gasteiger partial charge in [-0.1, -0.05) is 19.1 Å². The Morgan fingerprint density at radius 3 is 2.71 bits per heavy atom. The van der Waals surface area contributed by atoms with Crippen molar-refractivity contribution in [2.45, 2.75) is 25.9 Å². The molecule has 92 valence electrons. The Labute approximate surface area is 102 Å². The van der Waals surface area contributed by atoms with E-state index in [0.717, 1.165) is 44.5 Å². The second kappa shape index (κ2) is 5.82. The Hall–Kier alpha value is -1.35. The van der Waals surface area contributed by atoms with E-state index in [1.54, 1.807) is 6.07 Å². The highest BCUT2D eigenvalue weighted by Gasteiger charge is 2.19. The molecule has 2 rings (SSSR count). The number of hydrogen-bond acceptors (Lipinski definition) is 3. The van der Waals surface area contributed by atoms with E-state index in [2.05, 4.69) is 11.8 Å². The average molecular weight is 233 g/mol. The number of benzene rings is 1. The number of aldehydes is 1. The van der Waals surface area contributed by atoms with Gasteiger partial charge >= 0.3 is 0 Å². The maximum atomic E-state index is 10.9. The molecule has 0 spiro atoms. The van der Waals surface area contributed by atoms with Crippen LogP contribution in [0.3, 0.4) is 0 Å². The van der Waals surface area contributed by atoms with Crippen LogP contribution in [0.4, 0.5) is 0 Å². The van der Waals surface area contributed by atoms with Gasteiger partial charge in [0.1, 0.15) is 11.9 Å². The molecule has 0 radical (unpaired) electrons. The molecule has 0 bridgehead atoms. The van der Waals surface area contributed by atoms with Crippen molar-refractivity contribution in [1.29, 1.82) is 0 Å². The third kappa shape index (κ3) is 3.07. The first-order valence-electron chi connectivity index (χ1n) is 6.26. The summed E-state index contributed by atoms with van der Waals surface area (Å²) in [5.74, 6) is 0.720. The van der Waals surface area contributed by atoms with Crippen LogP contribution in [-0.2, 0) is 0 Å². The number of carbonyl (C=O) groups is 1. The minimum absolute atomic E-state index is 0.249. The van der Waals surface area contributed by atoms with Crippen LogP contribution in [0, 0.1) is 0 Å². The number of piperidine rings is 1. The summed E-state index contributed by atoms with van der Waals surface area (Å²) in [5.41, 5.74) is 0.644. The summed E-state index contributed by atoms with van der Waals surface area (Å²) in [6.07, 6.45) is 3.19. The van der Waals surface area contributed by atoms with Crippen molar-refractivity contribution >= 4 is 6.29 Å². The van der Waals surface area contributed by atoms with Gasteiger partial charge in [-0.15, -0.1) is 0 Å². The summed E-state index contributed by atoms with van der Waals surface area (Å²) in [6, 6.07) is 7.43. The monoisotopic (exact) mass is 233 g/mol. The Kier molecular flexibility index (Phi) is 4.15. The Balaban J connectivity index is 1.95. The standard InChI is InChI=1S/C14H19NO2/c1-2-15-9-7-13(8-10-15)17-14-6-4-3-5-12(14)11-16/h3-6,11,13H,2,7-10H2,1H3. The molecule has 0 amide bonds. The molecule has 1 heterocycles. The molecule has 1 aromatic rings. The van der Waals surface area contributed by atoms with E-state index in [9.17, 15) is 4.79 Å². The lowest BCUT2D eigenvalue weighted by Gasteiger charge is -2.31. The molecule has 1 aliphatic rings. The first-order valence-corrected chi connectivity index (χ1v) is 6.26. The van der Waals surface area contributed by atoms with E-state index in [1.807, 2.05) is 18.2 Å². The molecule has 3 nitrogen and oxygen atoms in total. The van der Waals surface area contributed by atoms with Gasteiger partial charge in [0.05, 0.1) is 5.56 Å². The third-order valence-corrected chi connectivity index (χ3v) is 3.32. The summed E-state index contributed by atoms with van der Waals surface area (Å²) in [5, 5.41) is 0. The van der Waals surface area contributed by atoms with Crippen LogP contribution in [0.2, 0.25) is 0 Å². The lowest BCUT2D eigenvalue weighted by atomic mass is 10.1. The quantitative estimate of drug-likeness (QED) is 0.748. The summed E-state index contributed by atoms with van der Waals surface area (Å²) in [4.78, 5) is 13.3. The molecule has 0 aromatic heterocycles. The maximum absolute atomic E-state index is 10.9. The van der Waals surface area contributed by atoms with Crippen molar-refractivity contribution in [3.8, 4) is 5.75 Å². The highest BCUT2D eigenvalue weighted by atomic mass is 16.5. The Bertz CT molecular complexity index is 370. The van der Waals surface area contributed by atoms with Gasteiger partial charge in [0, 0.05) is 13.1 Å². The smallest absolute Gasteiger partial charge is 0.153 e. The zero-order valence-corrected chi connectivity index (χ0v) is 10.3. The summed E-state index contributed by atoms with van der Waals surface area (Å²) in [6.45, 7) is 5.47. The lowest BCUT2D eigenvalue weighted by Crippen LogP contribution is -2.38. The van der Waals surface area contributed by atoms with Crippen LogP contribution in [0.1, 0.15) is 30.1 Å². The summed E-state index contributed by atoms with van der Waals surface area (Å²) >= 11 is 0. The van der Waals surface area contributed by atoms with Gasteiger partial charge in [0.25, 0.3) is 0 Å². The Morgan fingerprint density at radius 2 is 2.06 bits per heavy atom. The molecule has 0 atom stereocenters. The summed E-state index contributed by atoms with van der Waals surface area (Å²) in [7, 11) is 0. The third-order valence-electron chi connectivity index (χ3n) is 3.32. The van der Waals surface area contributed by atoms with Crippen LogP contribution >= 0.6 is 0 Å². The number of nitrogens with zero attached hydrogens (tertiary/aromatic N) is 1. The van der Waals surface area contributed by atoms with Crippen LogP contribution in [-0.4, -0.2) is 36.9 Å². The second-order valence-electron chi connectivity index (χ2n) is 4.41. The zero-order chi connectivity index (χ0) is 12.1. The molecule has 0 N–H and O–H groups in total. The molecule has 0 unspecified atom stereocenters. The normalized spacial score (nSPS) is 17.9. The largest absolute Gasteiger partial charge is 0.490 e. The van der Waals surface area contributed by atoms with Gasteiger partial charge in [0.15, 0.2) is 6.29 Å². The highest BCUT2D eigenvalue weighted by molar-refractivity contribution is 5.79. The fourth-order valence-electron chi connectivity index (χ4n) is 2.21. The molecular weight excluding hydrogens is 214 g/mol. The van der Waals surface area contributed by atoms with Crippen molar-refractivity contribution in [3.63, 3.8) is 0 Å². The van der Waals surface area contributed by atoms with E-state index in [1.165, 1.54) is 0 Å². The van der Waals surface area contributed by atoms with E-state index in [-0.39, 0.29) is 6.10 Å². The van der Waals surface area contributed by atoms with Gasteiger partial charge in [0.2, 0.25) is 0 Å². The number of carbonyl (C=O) groups excluding carboxylic acids is 1. The molecule has 1 saturated heterocycles. The number of para-hydroxylation sites is 1. The fourth-order valence-corrected chi connectivity index (χ4v) is 2.21. The fraction of sp³-hybridized carbons (Fsp3) is 0.500. The highest BCUT2D eigenvalue weighted by Crippen LogP contribution is 2.21. The van der Waals surface area contributed by atoms with E-state index in [0.29, 0.717) is 5.56 Å².